The van der Waals surface area contributed by atoms with Gasteiger partial charge in [0, 0.05) is 11.1 Å². The summed E-state index contributed by atoms with van der Waals surface area (Å²) in [7, 11) is 0. The first-order chi connectivity index (χ1) is 13.7. The van der Waals surface area contributed by atoms with Crippen LogP contribution in [0.25, 0.3) is 0 Å². The number of amides is 2. The number of ether oxygens (including phenoxy) is 2. The van der Waals surface area contributed by atoms with E-state index in [1.54, 1.807) is 24.3 Å². The van der Waals surface area contributed by atoms with Gasteiger partial charge < -0.3 is 9.47 Å². The Kier molecular flexibility index (Phi) is 8.19. The van der Waals surface area contributed by atoms with E-state index in [0.29, 0.717) is 35.8 Å². The number of hydrazone groups is 2. The second-order valence-electron chi connectivity index (χ2n) is 5.34. The van der Waals surface area contributed by atoms with E-state index in [4.69, 9.17) is 9.47 Å². The van der Waals surface area contributed by atoms with Gasteiger partial charge >= 0.3 is 11.8 Å². The van der Waals surface area contributed by atoms with Crippen LogP contribution in [0, 0.1) is 0 Å². The van der Waals surface area contributed by atoms with E-state index in [1.807, 2.05) is 38.1 Å². The Hall–Kier alpha value is -3.68. The molecule has 146 valence electrons. The van der Waals surface area contributed by atoms with Crippen LogP contribution in [-0.2, 0) is 9.59 Å². The fourth-order valence-electron chi connectivity index (χ4n) is 2.17. The van der Waals surface area contributed by atoms with Crippen LogP contribution in [-0.4, -0.2) is 37.5 Å². The molecule has 0 heterocycles. The first kappa shape index (κ1) is 20.6. The summed E-state index contributed by atoms with van der Waals surface area (Å²) in [6.07, 6.45) is 2.80. The summed E-state index contributed by atoms with van der Waals surface area (Å²) in [6.45, 7) is 4.74. The highest BCUT2D eigenvalue weighted by molar-refractivity contribution is 6.35. The maximum atomic E-state index is 11.8. The summed E-state index contributed by atoms with van der Waals surface area (Å²) >= 11 is 0. The second-order valence-corrected chi connectivity index (χ2v) is 5.34. The molecule has 0 unspecified atom stereocenters. The van der Waals surface area contributed by atoms with E-state index in [0.717, 1.165) is 0 Å². The third-order valence-electron chi connectivity index (χ3n) is 3.38. The Morgan fingerprint density at radius 1 is 0.786 bits per heavy atom. The van der Waals surface area contributed by atoms with Gasteiger partial charge in [-0.25, -0.2) is 10.9 Å². The van der Waals surface area contributed by atoms with Crippen LogP contribution in [0.5, 0.6) is 11.5 Å². The van der Waals surface area contributed by atoms with Crippen molar-refractivity contribution >= 4 is 24.2 Å². The number of para-hydroxylation sites is 2. The van der Waals surface area contributed by atoms with Crippen LogP contribution in [0.15, 0.2) is 58.7 Å². The molecule has 0 bridgehead atoms. The lowest BCUT2D eigenvalue weighted by molar-refractivity contribution is -0.139. The van der Waals surface area contributed by atoms with Crippen LogP contribution in [0.3, 0.4) is 0 Å². The summed E-state index contributed by atoms with van der Waals surface area (Å²) < 4.78 is 10.9. The van der Waals surface area contributed by atoms with Crippen LogP contribution < -0.4 is 20.3 Å². The van der Waals surface area contributed by atoms with Crippen LogP contribution in [0.4, 0.5) is 0 Å². The molecule has 0 aliphatic heterocycles. The third-order valence-corrected chi connectivity index (χ3v) is 3.38. The van der Waals surface area contributed by atoms with Crippen molar-refractivity contribution in [3.63, 3.8) is 0 Å². The average Bonchev–Trinajstić information content (AvgIpc) is 2.70. The fraction of sp³-hybridized carbons (Fsp3) is 0.200. The Bertz CT molecular complexity index is 793. The van der Waals surface area contributed by atoms with Crippen molar-refractivity contribution in [3.05, 3.63) is 59.7 Å². The molecule has 0 aromatic heterocycles. The van der Waals surface area contributed by atoms with Crippen LogP contribution >= 0.6 is 0 Å². The molecule has 2 N–H and O–H groups in total. The molecule has 28 heavy (non-hydrogen) atoms. The van der Waals surface area contributed by atoms with Gasteiger partial charge in [0.1, 0.15) is 11.5 Å². The van der Waals surface area contributed by atoms with Crippen molar-refractivity contribution < 1.29 is 19.1 Å². The smallest absolute Gasteiger partial charge is 0.331 e. The summed E-state index contributed by atoms with van der Waals surface area (Å²) in [5.41, 5.74) is 5.64. The molecule has 2 amide bonds. The average molecular weight is 382 g/mol. The van der Waals surface area contributed by atoms with Gasteiger partial charge in [0.25, 0.3) is 0 Å². The van der Waals surface area contributed by atoms with E-state index >= 15 is 0 Å². The number of hydrogen-bond donors (Lipinski definition) is 2. The maximum absolute atomic E-state index is 11.8. The molecule has 8 heteroatoms. The van der Waals surface area contributed by atoms with Gasteiger partial charge in [0.2, 0.25) is 0 Å². The monoisotopic (exact) mass is 382 g/mol. The molecule has 0 atom stereocenters. The highest BCUT2D eigenvalue weighted by Gasteiger charge is 2.11. The van der Waals surface area contributed by atoms with Gasteiger partial charge in [0.15, 0.2) is 0 Å². The van der Waals surface area contributed by atoms with E-state index < -0.39 is 11.8 Å². The number of nitrogens with zero attached hydrogens (tertiary/aromatic N) is 2. The SMILES string of the molecule is CCOc1ccccc1/C=N/NC(=O)C(=O)N/N=C/c1ccccc1OCC. The first-order valence-electron chi connectivity index (χ1n) is 8.75. The second kappa shape index (κ2) is 11.1. The minimum Gasteiger partial charge on any atom is -0.493 e. The minimum absolute atomic E-state index is 0.504. The van der Waals surface area contributed by atoms with Gasteiger partial charge in [0.05, 0.1) is 25.6 Å². The van der Waals surface area contributed by atoms with Crippen molar-refractivity contribution in [1.82, 2.24) is 10.9 Å². The molecule has 0 fully saturated rings. The molecule has 0 radical (unpaired) electrons. The van der Waals surface area contributed by atoms with Crippen LogP contribution in [0.2, 0.25) is 0 Å². The molecule has 2 aromatic rings. The largest absolute Gasteiger partial charge is 0.493 e. The quantitative estimate of drug-likeness (QED) is 0.415. The van der Waals surface area contributed by atoms with Crippen LogP contribution in [0.1, 0.15) is 25.0 Å². The van der Waals surface area contributed by atoms with E-state index in [2.05, 4.69) is 21.1 Å². The summed E-state index contributed by atoms with van der Waals surface area (Å²) in [5.74, 6) is -0.629. The summed E-state index contributed by atoms with van der Waals surface area (Å²) in [4.78, 5) is 23.6. The minimum atomic E-state index is -0.944. The maximum Gasteiger partial charge on any atom is 0.331 e. The van der Waals surface area contributed by atoms with Gasteiger partial charge in [-0.3, -0.25) is 9.59 Å². The molecule has 0 aliphatic rings. The van der Waals surface area contributed by atoms with Gasteiger partial charge in [-0.05, 0) is 38.1 Å². The Morgan fingerprint density at radius 2 is 1.18 bits per heavy atom. The Morgan fingerprint density at radius 3 is 1.57 bits per heavy atom. The Balaban J connectivity index is 1.89. The molecule has 8 nitrogen and oxygen atoms in total. The lowest BCUT2D eigenvalue weighted by Crippen LogP contribution is -2.35. The lowest BCUT2D eigenvalue weighted by atomic mass is 10.2. The van der Waals surface area contributed by atoms with Crippen molar-refractivity contribution in [2.24, 2.45) is 10.2 Å². The van der Waals surface area contributed by atoms with E-state index in [1.165, 1.54) is 12.4 Å². The first-order valence-corrected chi connectivity index (χ1v) is 8.75. The number of benzene rings is 2. The zero-order chi connectivity index (χ0) is 20.2. The molecular weight excluding hydrogens is 360 g/mol. The summed E-state index contributed by atoms with van der Waals surface area (Å²) in [5, 5.41) is 7.55. The van der Waals surface area contributed by atoms with E-state index in [-0.39, 0.29) is 0 Å². The highest BCUT2D eigenvalue weighted by atomic mass is 16.5. The lowest BCUT2D eigenvalue weighted by Gasteiger charge is -2.06. The van der Waals surface area contributed by atoms with E-state index in [9.17, 15) is 9.59 Å². The topological polar surface area (TPSA) is 101 Å². The Labute approximate surface area is 163 Å². The van der Waals surface area contributed by atoms with Crippen molar-refractivity contribution in [2.75, 3.05) is 13.2 Å². The molecular formula is C20H22N4O4. The summed E-state index contributed by atoms with van der Waals surface area (Å²) in [6, 6.07) is 14.4. The van der Waals surface area contributed by atoms with Gasteiger partial charge in [-0.15, -0.1) is 0 Å². The number of nitrogens with one attached hydrogen (secondary N) is 2. The third kappa shape index (κ3) is 6.24. The van der Waals surface area contributed by atoms with Crippen molar-refractivity contribution in [1.29, 1.82) is 0 Å². The molecule has 2 aromatic carbocycles. The zero-order valence-electron chi connectivity index (χ0n) is 15.7. The molecule has 0 saturated carbocycles. The number of hydrogen-bond acceptors (Lipinski definition) is 6. The standard InChI is InChI=1S/C20H22N4O4/c1-3-27-17-11-7-5-9-15(17)13-21-23-19(25)20(26)24-22-14-16-10-6-8-12-18(16)28-4-2/h5-14H,3-4H2,1-2H3,(H,23,25)(H,24,26)/b21-13+,22-14+. The number of rotatable bonds is 8. The van der Waals surface area contributed by atoms with Gasteiger partial charge in [-0.2, -0.15) is 10.2 Å². The predicted molar refractivity (Wildman–Crippen MR) is 107 cm³/mol. The number of carbonyl (C=O) groups is 2. The van der Waals surface area contributed by atoms with Crippen molar-refractivity contribution in [3.8, 4) is 11.5 Å². The number of carbonyl (C=O) groups excluding carboxylic acids is 2. The fourth-order valence-corrected chi connectivity index (χ4v) is 2.17. The molecule has 2 rings (SSSR count). The van der Waals surface area contributed by atoms with Gasteiger partial charge in [-0.1, -0.05) is 24.3 Å². The normalized spacial score (nSPS) is 10.8. The molecule has 0 aliphatic carbocycles. The van der Waals surface area contributed by atoms with Crippen molar-refractivity contribution in [2.45, 2.75) is 13.8 Å². The molecule has 0 saturated heterocycles. The predicted octanol–water partition coefficient (Wildman–Crippen LogP) is 2.08. The molecule has 0 spiro atoms. The highest BCUT2D eigenvalue weighted by Crippen LogP contribution is 2.16. The zero-order valence-corrected chi connectivity index (χ0v) is 15.7.